The van der Waals surface area contributed by atoms with Crippen LogP contribution in [0.2, 0.25) is 0 Å². The third-order valence-corrected chi connectivity index (χ3v) is 5.80. The van der Waals surface area contributed by atoms with E-state index in [1.807, 2.05) is 30.3 Å². The molecule has 2 aromatic rings. The monoisotopic (exact) mass is 381 g/mol. The lowest BCUT2D eigenvalue weighted by molar-refractivity contribution is 0.199. The van der Waals surface area contributed by atoms with Crippen LogP contribution in [0, 0.1) is 23.1 Å². The van der Waals surface area contributed by atoms with E-state index < -0.39 is 0 Å². The summed E-state index contributed by atoms with van der Waals surface area (Å²) in [4.78, 5) is 0. The van der Waals surface area contributed by atoms with E-state index in [2.05, 4.69) is 13.0 Å². The lowest BCUT2D eigenvalue weighted by atomic mass is 9.79. The molecule has 0 spiro atoms. The van der Waals surface area contributed by atoms with Crippen LogP contribution in [0.1, 0.15) is 62.0 Å². The standard InChI is InChI=1S/C24H28FNO2/c1-17(12-13-26)20-4-3-5-22(14-20)28-16-18-6-8-19(9-7-18)23-15-21(27-2)10-11-24(23)25/h3-5,10-11,14-15,17-19H,6-9,12,16H2,1-2H3/t17-,18?,19?/m1/s1. The zero-order valence-electron chi connectivity index (χ0n) is 16.7. The minimum atomic E-state index is -0.135. The van der Waals surface area contributed by atoms with E-state index in [0.717, 1.165) is 42.6 Å². The highest BCUT2D eigenvalue weighted by Crippen LogP contribution is 2.38. The number of nitriles is 1. The highest BCUT2D eigenvalue weighted by Gasteiger charge is 2.25. The summed E-state index contributed by atoms with van der Waals surface area (Å²) in [5.41, 5.74) is 1.91. The van der Waals surface area contributed by atoms with Crippen LogP contribution in [0.3, 0.4) is 0 Å². The van der Waals surface area contributed by atoms with Crippen LogP contribution < -0.4 is 9.47 Å². The Bertz CT molecular complexity index is 822. The first-order valence-electron chi connectivity index (χ1n) is 10.0. The molecule has 4 heteroatoms. The van der Waals surface area contributed by atoms with E-state index in [1.165, 1.54) is 6.07 Å². The summed E-state index contributed by atoms with van der Waals surface area (Å²) in [5.74, 6) is 2.40. The van der Waals surface area contributed by atoms with Gasteiger partial charge in [0.15, 0.2) is 0 Å². The van der Waals surface area contributed by atoms with Gasteiger partial charge in [-0.25, -0.2) is 4.39 Å². The summed E-state index contributed by atoms with van der Waals surface area (Å²) in [7, 11) is 1.61. The molecule has 0 amide bonds. The molecular formula is C24H28FNO2. The molecular weight excluding hydrogens is 353 g/mol. The Kier molecular flexibility index (Phi) is 6.92. The Morgan fingerprint density at radius 3 is 2.61 bits per heavy atom. The molecule has 1 aliphatic rings. The number of hydrogen-bond donors (Lipinski definition) is 0. The van der Waals surface area contributed by atoms with Gasteiger partial charge in [0.2, 0.25) is 0 Å². The first-order valence-corrected chi connectivity index (χ1v) is 10.0. The third-order valence-electron chi connectivity index (χ3n) is 5.80. The summed E-state index contributed by atoms with van der Waals surface area (Å²) in [6.45, 7) is 2.74. The molecule has 0 N–H and O–H groups in total. The fraction of sp³-hybridized carbons (Fsp3) is 0.458. The van der Waals surface area contributed by atoms with Crippen LogP contribution in [-0.4, -0.2) is 13.7 Å². The van der Waals surface area contributed by atoms with Gasteiger partial charge in [0, 0.05) is 6.42 Å². The van der Waals surface area contributed by atoms with Gasteiger partial charge in [-0.2, -0.15) is 5.26 Å². The summed E-state index contributed by atoms with van der Waals surface area (Å²) in [6, 6.07) is 15.3. The molecule has 0 heterocycles. The minimum absolute atomic E-state index is 0.135. The molecule has 148 valence electrons. The fourth-order valence-corrected chi connectivity index (χ4v) is 3.98. The van der Waals surface area contributed by atoms with Crippen molar-refractivity contribution in [2.75, 3.05) is 13.7 Å². The van der Waals surface area contributed by atoms with Gasteiger partial charge in [0.05, 0.1) is 19.8 Å². The van der Waals surface area contributed by atoms with Gasteiger partial charge in [-0.15, -0.1) is 0 Å². The van der Waals surface area contributed by atoms with Gasteiger partial charge in [-0.1, -0.05) is 19.1 Å². The zero-order valence-corrected chi connectivity index (χ0v) is 16.7. The van der Waals surface area contributed by atoms with Gasteiger partial charge in [-0.05, 0) is 84.9 Å². The van der Waals surface area contributed by atoms with Crippen molar-refractivity contribution >= 4 is 0 Å². The summed E-state index contributed by atoms with van der Waals surface area (Å²) < 4.78 is 25.5. The van der Waals surface area contributed by atoms with Crippen LogP contribution in [0.25, 0.3) is 0 Å². The lowest BCUT2D eigenvalue weighted by Gasteiger charge is -2.29. The third kappa shape index (κ3) is 5.04. The maximum Gasteiger partial charge on any atom is 0.126 e. The molecule has 3 rings (SSSR count). The molecule has 3 nitrogen and oxygen atoms in total. The molecule has 0 aromatic heterocycles. The number of nitrogens with zero attached hydrogens (tertiary/aromatic N) is 1. The Morgan fingerprint density at radius 1 is 1.11 bits per heavy atom. The maximum absolute atomic E-state index is 14.2. The topological polar surface area (TPSA) is 42.2 Å². The highest BCUT2D eigenvalue weighted by molar-refractivity contribution is 5.33. The number of ether oxygens (including phenoxy) is 2. The van der Waals surface area contributed by atoms with Crippen molar-refractivity contribution in [3.05, 3.63) is 59.4 Å². The van der Waals surface area contributed by atoms with Crippen LogP contribution in [0.15, 0.2) is 42.5 Å². The molecule has 1 fully saturated rings. The van der Waals surface area contributed by atoms with Gasteiger partial charge >= 0.3 is 0 Å². The summed E-state index contributed by atoms with van der Waals surface area (Å²) >= 11 is 0. The van der Waals surface area contributed by atoms with Crippen LogP contribution >= 0.6 is 0 Å². The van der Waals surface area contributed by atoms with Crippen molar-refractivity contribution in [2.45, 2.75) is 50.9 Å². The van der Waals surface area contributed by atoms with Crippen molar-refractivity contribution in [3.63, 3.8) is 0 Å². The molecule has 2 aromatic carbocycles. The predicted octanol–water partition coefficient (Wildman–Crippen LogP) is 6.20. The zero-order chi connectivity index (χ0) is 19.9. The Morgan fingerprint density at radius 2 is 1.89 bits per heavy atom. The number of methoxy groups -OCH3 is 1. The lowest BCUT2D eigenvalue weighted by Crippen LogP contribution is -2.20. The van der Waals surface area contributed by atoms with Gasteiger partial charge < -0.3 is 9.47 Å². The molecule has 0 saturated heterocycles. The largest absolute Gasteiger partial charge is 0.497 e. The molecule has 0 bridgehead atoms. The van der Waals surface area contributed by atoms with E-state index in [4.69, 9.17) is 14.7 Å². The second-order valence-electron chi connectivity index (χ2n) is 7.75. The van der Waals surface area contributed by atoms with Crippen molar-refractivity contribution in [3.8, 4) is 17.6 Å². The van der Waals surface area contributed by atoms with E-state index in [-0.39, 0.29) is 17.7 Å². The smallest absolute Gasteiger partial charge is 0.126 e. The summed E-state index contributed by atoms with van der Waals surface area (Å²) in [5, 5.41) is 8.88. The second-order valence-corrected chi connectivity index (χ2v) is 7.75. The maximum atomic E-state index is 14.2. The molecule has 1 saturated carbocycles. The molecule has 0 aliphatic heterocycles. The second kappa shape index (κ2) is 9.59. The van der Waals surface area contributed by atoms with Crippen molar-refractivity contribution in [1.82, 2.24) is 0 Å². The Hall–Kier alpha value is -2.54. The first kappa shape index (κ1) is 20.2. The van der Waals surface area contributed by atoms with Gasteiger partial charge in [0.1, 0.15) is 17.3 Å². The molecule has 28 heavy (non-hydrogen) atoms. The van der Waals surface area contributed by atoms with Gasteiger partial charge in [0.25, 0.3) is 0 Å². The number of hydrogen-bond acceptors (Lipinski definition) is 3. The molecule has 0 unspecified atom stereocenters. The number of halogens is 1. The SMILES string of the molecule is COc1ccc(F)c(C2CCC(COc3cccc([C@H](C)CC#N)c3)CC2)c1. The van der Waals surface area contributed by atoms with Crippen LogP contribution in [0.5, 0.6) is 11.5 Å². The Labute approximate surface area is 167 Å². The van der Waals surface area contributed by atoms with Crippen LogP contribution in [0.4, 0.5) is 4.39 Å². The van der Waals surface area contributed by atoms with E-state index in [9.17, 15) is 4.39 Å². The average Bonchev–Trinajstić information content (AvgIpc) is 2.73. The van der Waals surface area contributed by atoms with Crippen molar-refractivity contribution in [1.29, 1.82) is 5.26 Å². The fourth-order valence-electron chi connectivity index (χ4n) is 3.98. The van der Waals surface area contributed by atoms with Crippen molar-refractivity contribution in [2.24, 2.45) is 5.92 Å². The van der Waals surface area contributed by atoms with E-state index in [0.29, 0.717) is 24.7 Å². The first-order chi connectivity index (χ1) is 13.6. The number of benzene rings is 2. The van der Waals surface area contributed by atoms with Gasteiger partial charge in [-0.3, -0.25) is 0 Å². The van der Waals surface area contributed by atoms with E-state index in [1.54, 1.807) is 13.2 Å². The average molecular weight is 381 g/mol. The van der Waals surface area contributed by atoms with Crippen molar-refractivity contribution < 1.29 is 13.9 Å². The molecule has 1 aliphatic carbocycles. The van der Waals surface area contributed by atoms with E-state index >= 15 is 0 Å². The number of rotatable bonds is 7. The predicted molar refractivity (Wildman–Crippen MR) is 108 cm³/mol. The highest BCUT2D eigenvalue weighted by atomic mass is 19.1. The molecule has 0 radical (unpaired) electrons. The minimum Gasteiger partial charge on any atom is -0.497 e. The molecule has 1 atom stereocenters. The normalized spacial score (nSPS) is 20.2. The quantitative estimate of drug-likeness (QED) is 0.573. The Balaban J connectivity index is 1.53. The van der Waals surface area contributed by atoms with Crippen LogP contribution in [-0.2, 0) is 0 Å². The summed E-state index contributed by atoms with van der Waals surface area (Å²) in [6.07, 6.45) is 4.51.